The minimum atomic E-state index is -5.50. The van der Waals surface area contributed by atoms with Gasteiger partial charge in [-0.15, -0.1) is 0 Å². The van der Waals surface area contributed by atoms with Gasteiger partial charge >= 0.3 is 17.8 Å². The van der Waals surface area contributed by atoms with E-state index in [4.69, 9.17) is 0 Å². The molecule has 2 N–H and O–H groups in total. The monoisotopic (exact) mass is 372 g/mol. The highest BCUT2D eigenvalue weighted by atomic mass is 19.4. The molecule has 1 amide bonds. The highest BCUT2D eigenvalue weighted by Crippen LogP contribution is 2.34. The van der Waals surface area contributed by atoms with Crippen LogP contribution in [-0.2, 0) is 14.3 Å². The third kappa shape index (κ3) is 4.15. The molecule has 0 aliphatic heterocycles. The van der Waals surface area contributed by atoms with Gasteiger partial charge in [0.2, 0.25) is 5.91 Å². The fraction of sp³-hybridized carbons (Fsp3) is 0.429. The van der Waals surface area contributed by atoms with Crippen LogP contribution in [0.3, 0.4) is 0 Å². The second kappa shape index (κ2) is 7.62. The van der Waals surface area contributed by atoms with Gasteiger partial charge < -0.3 is 15.4 Å². The first-order valence-electron chi connectivity index (χ1n) is 6.96. The van der Waals surface area contributed by atoms with E-state index in [0.29, 0.717) is 12.1 Å². The minimum absolute atomic E-state index is 0.356. The zero-order valence-corrected chi connectivity index (χ0v) is 13.1. The van der Waals surface area contributed by atoms with Crippen molar-refractivity contribution in [3.8, 4) is 0 Å². The van der Waals surface area contributed by atoms with Crippen molar-refractivity contribution in [2.75, 3.05) is 11.9 Å². The van der Waals surface area contributed by atoms with Crippen LogP contribution >= 0.6 is 0 Å². The Morgan fingerprint density at radius 3 is 2.16 bits per heavy atom. The van der Waals surface area contributed by atoms with Crippen molar-refractivity contribution in [1.29, 1.82) is 0 Å². The zero-order valence-electron chi connectivity index (χ0n) is 13.1. The average Bonchev–Trinajstić information content (AvgIpc) is 2.53. The molecule has 0 aliphatic carbocycles. The van der Waals surface area contributed by atoms with Crippen LogP contribution in [-0.4, -0.2) is 30.3 Å². The zero-order chi connectivity index (χ0) is 19.4. The topological polar surface area (TPSA) is 67.4 Å². The Hall–Kier alpha value is -2.46. The number of amides is 1. The van der Waals surface area contributed by atoms with Gasteiger partial charge in [0.25, 0.3) is 0 Å². The van der Waals surface area contributed by atoms with Crippen LogP contribution in [0.4, 0.5) is 32.0 Å². The van der Waals surface area contributed by atoms with Crippen LogP contribution in [0.25, 0.3) is 0 Å². The van der Waals surface area contributed by atoms with Crippen LogP contribution in [0.1, 0.15) is 20.3 Å². The van der Waals surface area contributed by atoms with Gasteiger partial charge in [0, 0.05) is 6.42 Å². The molecule has 1 rings (SSSR count). The highest BCUT2D eigenvalue weighted by molar-refractivity contribution is 5.91. The number of carbonyl (C=O) groups is 2. The Morgan fingerprint density at radius 1 is 1.08 bits per heavy atom. The van der Waals surface area contributed by atoms with E-state index in [1.54, 1.807) is 0 Å². The number of nitrogens with one attached hydrogen (secondary N) is 2. The van der Waals surface area contributed by atoms with Crippen molar-refractivity contribution < 1.29 is 40.7 Å². The number of alkyl halides is 3. The summed E-state index contributed by atoms with van der Waals surface area (Å²) in [6, 6.07) is 0.806. The van der Waals surface area contributed by atoms with Crippen molar-refractivity contribution >= 4 is 17.6 Å². The van der Waals surface area contributed by atoms with Crippen molar-refractivity contribution in [2.45, 2.75) is 32.1 Å². The van der Waals surface area contributed by atoms with Gasteiger partial charge in [-0.05, 0) is 19.1 Å². The van der Waals surface area contributed by atoms with E-state index in [0.717, 1.165) is 0 Å². The van der Waals surface area contributed by atoms with Gasteiger partial charge in [-0.1, -0.05) is 6.92 Å². The molecule has 1 aromatic carbocycles. The molecule has 0 fully saturated rings. The molecule has 5 nitrogen and oxygen atoms in total. The Kier molecular flexibility index (Phi) is 6.27. The Bertz CT molecular complexity index is 665. The van der Waals surface area contributed by atoms with Crippen molar-refractivity contribution in [1.82, 2.24) is 5.32 Å². The second-order valence-electron chi connectivity index (χ2n) is 4.72. The first-order chi connectivity index (χ1) is 11.5. The molecule has 1 unspecified atom stereocenters. The third-order valence-electron chi connectivity index (χ3n) is 3.01. The van der Waals surface area contributed by atoms with E-state index < -0.39 is 59.9 Å². The lowest BCUT2D eigenvalue weighted by Gasteiger charge is -2.35. The van der Waals surface area contributed by atoms with E-state index in [1.807, 2.05) is 0 Å². The van der Waals surface area contributed by atoms with E-state index in [9.17, 15) is 35.9 Å². The number of hydrogen-bond donors (Lipinski definition) is 2. The summed E-state index contributed by atoms with van der Waals surface area (Å²) in [5, 5.41) is 2.79. The predicted molar refractivity (Wildman–Crippen MR) is 73.8 cm³/mol. The number of anilines is 1. The number of benzene rings is 1. The SMILES string of the molecule is CCOC(=O)C(NC(=O)CC)(Nc1ccc(F)c(F)c1F)C(F)(F)F. The summed E-state index contributed by atoms with van der Waals surface area (Å²) in [5.41, 5.74) is -5.08. The Labute approximate surface area is 138 Å². The summed E-state index contributed by atoms with van der Waals surface area (Å²) in [7, 11) is 0. The van der Waals surface area contributed by atoms with Gasteiger partial charge in [-0.3, -0.25) is 4.79 Å². The summed E-state index contributed by atoms with van der Waals surface area (Å²) in [6.45, 7) is 1.93. The smallest absolute Gasteiger partial charge is 0.441 e. The molecule has 1 atom stereocenters. The molecule has 0 radical (unpaired) electrons. The average molecular weight is 372 g/mol. The number of esters is 1. The minimum Gasteiger partial charge on any atom is -0.463 e. The molecular formula is C14H14F6N2O3. The lowest BCUT2D eigenvalue weighted by atomic mass is 10.1. The summed E-state index contributed by atoms with van der Waals surface area (Å²) in [5.74, 6) is -8.90. The molecule has 0 aliphatic rings. The molecule has 140 valence electrons. The Balaban J connectivity index is 3.51. The summed E-state index contributed by atoms with van der Waals surface area (Å²) in [6.07, 6.45) is -5.94. The summed E-state index contributed by atoms with van der Waals surface area (Å²) in [4.78, 5) is 23.4. The second-order valence-corrected chi connectivity index (χ2v) is 4.72. The normalized spacial score (nSPS) is 13.8. The number of rotatable bonds is 6. The van der Waals surface area contributed by atoms with Crippen molar-refractivity contribution in [3.63, 3.8) is 0 Å². The molecule has 11 heteroatoms. The van der Waals surface area contributed by atoms with Crippen molar-refractivity contribution in [2.24, 2.45) is 0 Å². The molecule has 1 aromatic rings. The quantitative estimate of drug-likeness (QED) is 0.349. The molecule has 0 saturated carbocycles. The predicted octanol–water partition coefficient (Wildman–Crippen LogP) is 2.86. The highest BCUT2D eigenvalue weighted by Gasteiger charge is 2.63. The fourth-order valence-corrected chi connectivity index (χ4v) is 1.75. The van der Waals surface area contributed by atoms with Gasteiger partial charge in [0.05, 0.1) is 12.3 Å². The fourth-order valence-electron chi connectivity index (χ4n) is 1.75. The molecule has 0 spiro atoms. The van der Waals surface area contributed by atoms with Crippen LogP contribution < -0.4 is 10.6 Å². The lowest BCUT2D eigenvalue weighted by Crippen LogP contribution is -2.69. The maximum absolute atomic E-state index is 13.7. The number of ether oxygens (including phenoxy) is 1. The third-order valence-corrected chi connectivity index (χ3v) is 3.01. The largest absolute Gasteiger partial charge is 0.463 e. The molecule has 0 saturated heterocycles. The van der Waals surface area contributed by atoms with Gasteiger partial charge in [0.1, 0.15) is 0 Å². The first-order valence-corrected chi connectivity index (χ1v) is 6.96. The van der Waals surface area contributed by atoms with Gasteiger partial charge in [-0.2, -0.15) is 13.2 Å². The molecular weight excluding hydrogens is 358 g/mol. The molecule has 25 heavy (non-hydrogen) atoms. The van der Waals surface area contributed by atoms with Crippen LogP contribution in [0.15, 0.2) is 12.1 Å². The van der Waals surface area contributed by atoms with E-state index in [-0.39, 0.29) is 0 Å². The molecule has 0 heterocycles. The van der Waals surface area contributed by atoms with Gasteiger partial charge in [-0.25, -0.2) is 18.0 Å². The van der Waals surface area contributed by atoms with Crippen LogP contribution in [0.2, 0.25) is 0 Å². The van der Waals surface area contributed by atoms with E-state index >= 15 is 0 Å². The Morgan fingerprint density at radius 2 is 1.68 bits per heavy atom. The standard InChI is InChI=1S/C14H14F6N2O3/c1-3-9(23)22-13(14(18,19)20,12(24)25-4-2)21-8-6-5-7(15)10(16)11(8)17/h5-6,21H,3-4H2,1-2H3,(H,22,23). The number of carbonyl (C=O) groups excluding carboxylic acids is 2. The van der Waals surface area contributed by atoms with E-state index in [1.165, 1.54) is 24.5 Å². The number of hydrogen-bond acceptors (Lipinski definition) is 4. The first kappa shape index (κ1) is 20.6. The summed E-state index contributed by atoms with van der Waals surface area (Å²) >= 11 is 0. The lowest BCUT2D eigenvalue weighted by molar-refractivity contribution is -0.207. The van der Waals surface area contributed by atoms with E-state index in [2.05, 4.69) is 4.74 Å². The number of halogens is 6. The van der Waals surface area contributed by atoms with Crippen LogP contribution in [0.5, 0.6) is 0 Å². The molecule has 0 bridgehead atoms. The molecule has 0 aromatic heterocycles. The maximum Gasteiger partial charge on any atom is 0.441 e. The maximum atomic E-state index is 13.7. The van der Waals surface area contributed by atoms with Crippen molar-refractivity contribution in [3.05, 3.63) is 29.6 Å². The van der Waals surface area contributed by atoms with Crippen LogP contribution in [0, 0.1) is 17.5 Å². The van der Waals surface area contributed by atoms with Gasteiger partial charge in [0.15, 0.2) is 17.5 Å². The summed E-state index contributed by atoms with van der Waals surface area (Å²) < 4.78 is 85.0.